The van der Waals surface area contributed by atoms with Crippen molar-refractivity contribution >= 4 is 38.1 Å². The average molecular weight is 436 g/mol. The van der Waals surface area contributed by atoms with Crippen LogP contribution in [0.2, 0.25) is 0 Å². The Labute approximate surface area is 175 Å². The van der Waals surface area contributed by atoms with Gasteiger partial charge in [0.1, 0.15) is 5.00 Å². The van der Waals surface area contributed by atoms with Gasteiger partial charge in [0.05, 0.1) is 22.8 Å². The number of anilines is 1. The van der Waals surface area contributed by atoms with Crippen molar-refractivity contribution in [2.75, 3.05) is 12.4 Å². The Balaban J connectivity index is 1.88. The molecule has 29 heavy (non-hydrogen) atoms. The third-order valence-corrected chi connectivity index (χ3v) is 8.53. The molecule has 0 radical (unpaired) electrons. The molecule has 0 fully saturated rings. The molecule has 0 aliphatic heterocycles. The van der Waals surface area contributed by atoms with Crippen LogP contribution in [0.3, 0.4) is 0 Å². The number of rotatable bonds is 5. The summed E-state index contributed by atoms with van der Waals surface area (Å²) in [6.45, 7) is 5.40. The summed E-state index contributed by atoms with van der Waals surface area (Å²) >= 11 is 1.42. The number of amides is 1. The molecule has 156 valence electrons. The lowest BCUT2D eigenvalue weighted by molar-refractivity contribution is 0.0601. The lowest BCUT2D eigenvalue weighted by Crippen LogP contribution is -2.17. The second kappa shape index (κ2) is 8.28. The molecule has 1 unspecified atom stereocenters. The third-order valence-electron chi connectivity index (χ3n) is 5.19. The molecule has 2 aromatic rings. The van der Waals surface area contributed by atoms with E-state index in [2.05, 4.69) is 12.2 Å². The van der Waals surface area contributed by atoms with Crippen molar-refractivity contribution in [1.29, 1.82) is 0 Å². The van der Waals surface area contributed by atoms with E-state index in [0.717, 1.165) is 29.7 Å². The number of ether oxygens (including phenoxy) is 1. The molecule has 1 heterocycles. The van der Waals surface area contributed by atoms with Crippen molar-refractivity contribution in [3.63, 3.8) is 0 Å². The second-order valence-corrected chi connectivity index (χ2v) is 11.2. The van der Waals surface area contributed by atoms with Crippen LogP contribution in [-0.2, 0) is 27.4 Å². The minimum absolute atomic E-state index is 0.180. The smallest absolute Gasteiger partial charge is 0.341 e. The maximum absolute atomic E-state index is 12.7. The zero-order valence-electron chi connectivity index (χ0n) is 16.9. The number of carbonyl (C=O) groups is 2. The van der Waals surface area contributed by atoms with Crippen LogP contribution >= 0.6 is 11.3 Å². The van der Waals surface area contributed by atoms with Gasteiger partial charge in [-0.2, -0.15) is 0 Å². The summed E-state index contributed by atoms with van der Waals surface area (Å²) in [4.78, 5) is 26.4. The number of methoxy groups -OCH3 is 1. The highest BCUT2D eigenvalue weighted by Crippen LogP contribution is 2.40. The normalized spacial score (nSPS) is 16.4. The van der Waals surface area contributed by atoms with Gasteiger partial charge >= 0.3 is 5.97 Å². The van der Waals surface area contributed by atoms with Gasteiger partial charge < -0.3 is 10.1 Å². The number of thiophene rings is 1. The fraction of sp³-hybridized carbons (Fsp3) is 0.429. The van der Waals surface area contributed by atoms with Gasteiger partial charge in [-0.05, 0) is 68.9 Å². The van der Waals surface area contributed by atoms with E-state index in [4.69, 9.17) is 4.74 Å². The molecule has 8 heteroatoms. The number of carbonyl (C=O) groups excluding carboxylic acids is 2. The first-order valence-electron chi connectivity index (χ1n) is 9.53. The molecular formula is C21H25NO5S2. The molecule has 6 nitrogen and oxygen atoms in total. The molecule has 1 aromatic carbocycles. The molecule has 1 atom stereocenters. The fourth-order valence-corrected chi connectivity index (χ4v) is 5.85. The quantitative estimate of drug-likeness (QED) is 0.715. The van der Waals surface area contributed by atoms with Gasteiger partial charge in [-0.3, -0.25) is 4.79 Å². The Morgan fingerprint density at radius 3 is 2.45 bits per heavy atom. The molecule has 0 saturated carbocycles. The summed E-state index contributed by atoms with van der Waals surface area (Å²) in [5.74, 6) is -0.313. The van der Waals surface area contributed by atoms with E-state index in [9.17, 15) is 18.0 Å². The van der Waals surface area contributed by atoms with Gasteiger partial charge in [-0.1, -0.05) is 6.92 Å². The SMILES string of the molecule is COC(=O)c1c(NC(=O)c2ccc(S(=O)(=O)C(C)C)cc2)sc2c1CCC(C)C2. The third kappa shape index (κ3) is 4.23. The first kappa shape index (κ1) is 21.5. The predicted molar refractivity (Wildman–Crippen MR) is 114 cm³/mol. The van der Waals surface area contributed by atoms with Crippen molar-refractivity contribution in [1.82, 2.24) is 0 Å². The highest BCUT2D eigenvalue weighted by molar-refractivity contribution is 7.92. The summed E-state index contributed by atoms with van der Waals surface area (Å²) < 4.78 is 29.4. The molecule has 1 N–H and O–H groups in total. The van der Waals surface area contributed by atoms with E-state index in [1.807, 2.05) is 0 Å². The minimum Gasteiger partial charge on any atom is -0.465 e. The van der Waals surface area contributed by atoms with Crippen LogP contribution in [0.4, 0.5) is 5.00 Å². The zero-order chi connectivity index (χ0) is 21.3. The zero-order valence-corrected chi connectivity index (χ0v) is 18.6. The summed E-state index contributed by atoms with van der Waals surface area (Å²) in [5.41, 5.74) is 1.73. The Hall–Kier alpha value is -2.19. The second-order valence-electron chi connectivity index (χ2n) is 7.62. The van der Waals surface area contributed by atoms with Crippen LogP contribution in [-0.4, -0.2) is 32.7 Å². The van der Waals surface area contributed by atoms with Crippen molar-refractivity contribution in [2.24, 2.45) is 5.92 Å². The molecule has 1 aromatic heterocycles. The maximum atomic E-state index is 12.7. The van der Waals surface area contributed by atoms with Gasteiger partial charge in [-0.15, -0.1) is 11.3 Å². The fourth-order valence-electron chi connectivity index (χ4n) is 3.40. The molecule has 1 amide bonds. The van der Waals surface area contributed by atoms with Gasteiger partial charge in [-0.25, -0.2) is 13.2 Å². The Morgan fingerprint density at radius 2 is 1.86 bits per heavy atom. The molecule has 0 saturated heterocycles. The van der Waals surface area contributed by atoms with Crippen molar-refractivity contribution < 1.29 is 22.7 Å². The van der Waals surface area contributed by atoms with Gasteiger partial charge in [0.25, 0.3) is 5.91 Å². The summed E-state index contributed by atoms with van der Waals surface area (Å²) in [5, 5.41) is 2.77. The van der Waals surface area contributed by atoms with Gasteiger partial charge in [0, 0.05) is 10.4 Å². The lowest BCUT2D eigenvalue weighted by Gasteiger charge is -2.18. The molecule has 0 spiro atoms. The number of benzene rings is 1. The van der Waals surface area contributed by atoms with E-state index in [1.165, 1.54) is 42.7 Å². The number of fused-ring (bicyclic) bond motifs is 1. The van der Waals surface area contributed by atoms with E-state index < -0.39 is 27.0 Å². The molecule has 0 bridgehead atoms. The standard InChI is InChI=1S/C21H25NO5S2/c1-12(2)29(25,26)15-8-6-14(7-9-15)19(23)22-20-18(21(24)27-4)16-10-5-13(3)11-17(16)28-20/h6-9,12-13H,5,10-11H2,1-4H3,(H,22,23). The number of sulfone groups is 1. The largest absolute Gasteiger partial charge is 0.465 e. The van der Waals surface area contributed by atoms with Gasteiger partial charge in [0.2, 0.25) is 0 Å². The number of hydrogen-bond acceptors (Lipinski definition) is 6. The van der Waals surface area contributed by atoms with E-state index in [0.29, 0.717) is 22.0 Å². The van der Waals surface area contributed by atoms with Crippen molar-refractivity contribution in [3.8, 4) is 0 Å². The first-order chi connectivity index (χ1) is 13.6. The van der Waals surface area contributed by atoms with Gasteiger partial charge in [0.15, 0.2) is 9.84 Å². The van der Waals surface area contributed by atoms with Crippen LogP contribution in [0, 0.1) is 5.92 Å². The van der Waals surface area contributed by atoms with E-state index in [-0.39, 0.29) is 4.90 Å². The number of hydrogen-bond donors (Lipinski definition) is 1. The predicted octanol–water partition coefficient (Wildman–Crippen LogP) is 4.09. The van der Waals surface area contributed by atoms with E-state index in [1.54, 1.807) is 13.8 Å². The van der Waals surface area contributed by atoms with Crippen LogP contribution in [0.25, 0.3) is 0 Å². The summed E-state index contributed by atoms with van der Waals surface area (Å²) in [6.07, 6.45) is 2.66. The maximum Gasteiger partial charge on any atom is 0.341 e. The van der Waals surface area contributed by atoms with Crippen LogP contribution < -0.4 is 5.32 Å². The van der Waals surface area contributed by atoms with Crippen molar-refractivity contribution in [2.45, 2.75) is 50.2 Å². The highest BCUT2D eigenvalue weighted by atomic mass is 32.2. The Morgan fingerprint density at radius 1 is 1.21 bits per heavy atom. The topological polar surface area (TPSA) is 89.5 Å². The molecule has 1 aliphatic rings. The lowest BCUT2D eigenvalue weighted by atomic mass is 9.88. The highest BCUT2D eigenvalue weighted by Gasteiger charge is 2.29. The first-order valence-corrected chi connectivity index (χ1v) is 11.9. The molecular weight excluding hydrogens is 410 g/mol. The average Bonchev–Trinajstić information content (AvgIpc) is 3.04. The Kier molecular flexibility index (Phi) is 6.14. The molecule has 1 aliphatic carbocycles. The van der Waals surface area contributed by atoms with Crippen LogP contribution in [0.5, 0.6) is 0 Å². The van der Waals surface area contributed by atoms with Crippen LogP contribution in [0.1, 0.15) is 58.3 Å². The Bertz CT molecular complexity index is 1040. The van der Waals surface area contributed by atoms with Crippen molar-refractivity contribution in [3.05, 3.63) is 45.8 Å². The van der Waals surface area contributed by atoms with Crippen LogP contribution in [0.15, 0.2) is 29.2 Å². The molecule has 3 rings (SSSR count). The summed E-state index contributed by atoms with van der Waals surface area (Å²) in [6, 6.07) is 5.84. The monoisotopic (exact) mass is 435 g/mol. The minimum atomic E-state index is -3.40. The number of nitrogens with one attached hydrogen (secondary N) is 1. The number of esters is 1. The van der Waals surface area contributed by atoms with E-state index >= 15 is 0 Å². The summed E-state index contributed by atoms with van der Waals surface area (Å²) in [7, 11) is -2.07.